The fraction of sp³-hybridized carbons (Fsp3) is 0.462. The van der Waals surface area contributed by atoms with Gasteiger partial charge in [-0.25, -0.2) is 14.5 Å². The van der Waals surface area contributed by atoms with Crippen LogP contribution in [0.3, 0.4) is 0 Å². The van der Waals surface area contributed by atoms with Crippen LogP contribution in [0.1, 0.15) is 33.6 Å². The van der Waals surface area contributed by atoms with E-state index in [1.807, 2.05) is 24.4 Å². The molecule has 2 aliphatic rings. The molecule has 6 rings (SSSR count). The minimum Gasteiger partial charge on any atom is -0.474 e. The summed E-state index contributed by atoms with van der Waals surface area (Å²) in [5.41, 5.74) is 2.39. The van der Waals surface area contributed by atoms with Gasteiger partial charge in [-0.2, -0.15) is 0 Å². The number of hydrogen-bond acceptors (Lipinski definition) is 8. The summed E-state index contributed by atoms with van der Waals surface area (Å²) in [5.74, 6) is 2.16. The van der Waals surface area contributed by atoms with E-state index < -0.39 is 0 Å². The maximum absolute atomic E-state index is 11.4. The summed E-state index contributed by atoms with van der Waals surface area (Å²) in [6, 6.07) is 7.60. The van der Waals surface area contributed by atoms with Crippen LogP contribution in [0.2, 0.25) is 0 Å². The van der Waals surface area contributed by atoms with E-state index in [0.717, 1.165) is 55.1 Å². The Balaban J connectivity index is 1.26. The monoisotopic (exact) mass is 489 g/mol. The largest absolute Gasteiger partial charge is 0.474 e. The van der Waals surface area contributed by atoms with E-state index >= 15 is 0 Å². The molecule has 6 heterocycles. The van der Waals surface area contributed by atoms with E-state index in [2.05, 4.69) is 46.0 Å². The molecular weight excluding hydrogens is 458 g/mol. The fourth-order valence-corrected chi connectivity index (χ4v) is 5.01. The lowest BCUT2D eigenvalue weighted by Gasteiger charge is -2.42. The van der Waals surface area contributed by atoms with E-state index in [-0.39, 0.29) is 17.5 Å². The number of rotatable bonds is 5. The molecule has 1 unspecified atom stereocenters. The molecule has 4 aromatic heterocycles. The summed E-state index contributed by atoms with van der Waals surface area (Å²) < 4.78 is 13.9. The average molecular weight is 490 g/mol. The Morgan fingerprint density at radius 3 is 2.72 bits per heavy atom. The Labute approximate surface area is 209 Å². The van der Waals surface area contributed by atoms with E-state index in [9.17, 15) is 4.79 Å². The number of carbonyl (C=O) groups excluding carboxylic acids is 1. The van der Waals surface area contributed by atoms with Crippen molar-refractivity contribution in [1.29, 1.82) is 0 Å². The molecule has 0 spiro atoms. The molecule has 0 aromatic carbocycles. The maximum Gasteiger partial charge on any atom is 0.231 e. The standard InChI is InChI=1S/C26H31N7O3/c1-26(2,3)32-12-10-31(11-13-32)25-18-14-21(36-20(18)8-9-27-25)19-15-28-22-5-7-24(30-33(19)22)35-16-17-4-6-23(34)29-17/h5,7-9,14-15,17H,4,6,10-13,16H2,1-3H3,(H,29,34). The Morgan fingerprint density at radius 1 is 1.14 bits per heavy atom. The first-order valence-electron chi connectivity index (χ1n) is 12.5. The number of piperazine rings is 1. The van der Waals surface area contributed by atoms with Gasteiger partial charge in [0, 0.05) is 50.4 Å². The fourth-order valence-electron chi connectivity index (χ4n) is 5.01. The molecule has 2 aliphatic heterocycles. The minimum absolute atomic E-state index is 0.0174. The predicted octanol–water partition coefficient (Wildman–Crippen LogP) is 3.12. The van der Waals surface area contributed by atoms with Crippen molar-refractivity contribution in [1.82, 2.24) is 29.8 Å². The van der Waals surface area contributed by atoms with Crippen molar-refractivity contribution in [2.75, 3.05) is 37.7 Å². The topological polar surface area (TPSA) is 101 Å². The number of hydrogen-bond donors (Lipinski definition) is 1. The highest BCUT2D eigenvalue weighted by atomic mass is 16.5. The lowest BCUT2D eigenvalue weighted by atomic mass is 10.0. The van der Waals surface area contributed by atoms with Gasteiger partial charge in [-0.05, 0) is 45.4 Å². The third kappa shape index (κ3) is 4.26. The van der Waals surface area contributed by atoms with Crippen LogP contribution in [-0.4, -0.2) is 74.8 Å². The summed E-state index contributed by atoms with van der Waals surface area (Å²) in [6.45, 7) is 11.0. The third-order valence-corrected chi connectivity index (χ3v) is 7.06. The second-order valence-corrected chi connectivity index (χ2v) is 10.5. The SMILES string of the molecule is CC(C)(C)N1CCN(c2nccc3oc(-c4cnc5ccc(OCC6CCC(=O)N6)nn45)cc23)CC1. The highest BCUT2D eigenvalue weighted by molar-refractivity contribution is 5.92. The van der Waals surface area contributed by atoms with Gasteiger partial charge in [0.25, 0.3) is 0 Å². The van der Waals surface area contributed by atoms with Crippen LogP contribution in [0.25, 0.3) is 28.1 Å². The number of nitrogens with one attached hydrogen (secondary N) is 1. The zero-order chi connectivity index (χ0) is 24.9. The molecule has 4 aromatic rings. The van der Waals surface area contributed by atoms with Crippen LogP contribution in [0.15, 0.2) is 41.1 Å². The first-order valence-corrected chi connectivity index (χ1v) is 12.5. The number of nitrogens with zero attached hydrogens (tertiary/aromatic N) is 6. The summed E-state index contributed by atoms with van der Waals surface area (Å²) in [6.07, 6.45) is 4.89. The predicted molar refractivity (Wildman–Crippen MR) is 136 cm³/mol. The molecule has 1 N–H and O–H groups in total. The number of amides is 1. The van der Waals surface area contributed by atoms with Crippen LogP contribution < -0.4 is 15.0 Å². The van der Waals surface area contributed by atoms with Crippen molar-refractivity contribution in [3.63, 3.8) is 0 Å². The van der Waals surface area contributed by atoms with Crippen LogP contribution >= 0.6 is 0 Å². The molecule has 2 fully saturated rings. The van der Waals surface area contributed by atoms with E-state index in [4.69, 9.17) is 14.1 Å². The van der Waals surface area contributed by atoms with Gasteiger partial charge in [0.1, 0.15) is 23.7 Å². The van der Waals surface area contributed by atoms with Crippen LogP contribution in [-0.2, 0) is 4.79 Å². The number of imidazole rings is 1. The molecule has 0 radical (unpaired) electrons. The normalized spacial score (nSPS) is 19.4. The van der Waals surface area contributed by atoms with Crippen LogP contribution in [0.4, 0.5) is 5.82 Å². The molecule has 10 nitrogen and oxygen atoms in total. The summed E-state index contributed by atoms with van der Waals surface area (Å²) in [7, 11) is 0. The van der Waals surface area contributed by atoms with E-state index in [1.165, 1.54) is 0 Å². The summed E-state index contributed by atoms with van der Waals surface area (Å²) in [4.78, 5) is 25.5. The maximum atomic E-state index is 11.4. The molecule has 2 saturated heterocycles. The number of pyridine rings is 1. The van der Waals surface area contributed by atoms with Gasteiger partial charge in [0.15, 0.2) is 11.4 Å². The van der Waals surface area contributed by atoms with Gasteiger partial charge in [-0.3, -0.25) is 9.69 Å². The van der Waals surface area contributed by atoms with Gasteiger partial charge in [-0.15, -0.1) is 5.10 Å². The molecule has 1 amide bonds. The van der Waals surface area contributed by atoms with Gasteiger partial charge in [0.05, 0.1) is 17.6 Å². The van der Waals surface area contributed by atoms with Gasteiger partial charge in [0.2, 0.25) is 11.8 Å². The number of carbonyl (C=O) groups is 1. The number of ether oxygens (including phenoxy) is 1. The van der Waals surface area contributed by atoms with Crippen molar-refractivity contribution >= 4 is 28.3 Å². The number of fused-ring (bicyclic) bond motifs is 2. The van der Waals surface area contributed by atoms with E-state index in [0.29, 0.717) is 30.3 Å². The average Bonchev–Trinajstić information content (AvgIpc) is 3.59. The van der Waals surface area contributed by atoms with Crippen molar-refractivity contribution in [2.45, 2.75) is 45.2 Å². The van der Waals surface area contributed by atoms with E-state index in [1.54, 1.807) is 16.8 Å². The highest BCUT2D eigenvalue weighted by Gasteiger charge is 2.28. The first-order chi connectivity index (χ1) is 17.3. The van der Waals surface area contributed by atoms with Crippen LogP contribution in [0, 0.1) is 0 Å². The van der Waals surface area contributed by atoms with Crippen LogP contribution in [0.5, 0.6) is 5.88 Å². The summed E-state index contributed by atoms with van der Waals surface area (Å²) >= 11 is 0. The molecule has 0 bridgehead atoms. The number of anilines is 1. The molecule has 0 aliphatic carbocycles. The Hall–Kier alpha value is -3.66. The molecule has 10 heteroatoms. The van der Waals surface area contributed by atoms with Crippen molar-refractivity contribution < 1.29 is 13.9 Å². The highest BCUT2D eigenvalue weighted by Crippen LogP contribution is 2.33. The van der Waals surface area contributed by atoms with Crippen molar-refractivity contribution in [2.24, 2.45) is 0 Å². The quantitative estimate of drug-likeness (QED) is 0.456. The Morgan fingerprint density at radius 2 is 1.97 bits per heavy atom. The zero-order valence-electron chi connectivity index (χ0n) is 20.9. The number of furan rings is 1. The lowest BCUT2D eigenvalue weighted by molar-refractivity contribution is -0.119. The second kappa shape index (κ2) is 8.77. The molecule has 36 heavy (non-hydrogen) atoms. The molecule has 188 valence electrons. The van der Waals surface area contributed by atoms with Gasteiger partial charge in [-0.1, -0.05) is 0 Å². The Bertz CT molecular complexity index is 1410. The van der Waals surface area contributed by atoms with Crippen molar-refractivity contribution in [3.05, 3.63) is 36.7 Å². The Kier molecular flexibility index (Phi) is 5.55. The van der Waals surface area contributed by atoms with Gasteiger partial charge < -0.3 is 19.4 Å². The smallest absolute Gasteiger partial charge is 0.231 e. The van der Waals surface area contributed by atoms with Crippen molar-refractivity contribution in [3.8, 4) is 17.3 Å². The first kappa shape index (κ1) is 22.8. The zero-order valence-corrected chi connectivity index (χ0v) is 20.9. The number of aromatic nitrogens is 4. The molecule has 1 atom stereocenters. The second-order valence-electron chi connectivity index (χ2n) is 10.5. The third-order valence-electron chi connectivity index (χ3n) is 7.06. The minimum atomic E-state index is 0.0174. The molecule has 0 saturated carbocycles. The lowest BCUT2D eigenvalue weighted by Crippen LogP contribution is -2.53. The molecular formula is C26H31N7O3. The van der Waals surface area contributed by atoms with Gasteiger partial charge >= 0.3 is 0 Å². The summed E-state index contributed by atoms with van der Waals surface area (Å²) in [5, 5.41) is 8.53.